The summed E-state index contributed by atoms with van der Waals surface area (Å²) in [6.45, 7) is 0.649. The van der Waals surface area contributed by atoms with E-state index in [9.17, 15) is 0 Å². The fourth-order valence-corrected chi connectivity index (χ4v) is 3.60. The van der Waals surface area contributed by atoms with Gasteiger partial charge in [-0.15, -0.1) is 0 Å². The van der Waals surface area contributed by atoms with Gasteiger partial charge in [-0.2, -0.15) is 0 Å². The van der Waals surface area contributed by atoms with Crippen molar-refractivity contribution in [2.45, 2.75) is 70.1 Å². The van der Waals surface area contributed by atoms with Gasteiger partial charge in [0.25, 0.3) is 0 Å². The van der Waals surface area contributed by atoms with Gasteiger partial charge in [0.1, 0.15) is 0 Å². The van der Waals surface area contributed by atoms with Gasteiger partial charge >= 0.3 is 0 Å². The van der Waals surface area contributed by atoms with E-state index < -0.39 is 0 Å². The number of allylic oxidation sites excluding steroid dienone is 2. The molecule has 1 aromatic rings. The van der Waals surface area contributed by atoms with Crippen molar-refractivity contribution in [2.24, 2.45) is 0 Å². The van der Waals surface area contributed by atoms with E-state index in [1.54, 1.807) is 0 Å². The Morgan fingerprint density at radius 3 is 2.13 bits per heavy atom. The molecule has 23 heavy (non-hydrogen) atoms. The van der Waals surface area contributed by atoms with Crippen LogP contribution in [0.3, 0.4) is 0 Å². The molecule has 0 radical (unpaired) electrons. The first-order valence-corrected chi connectivity index (χ1v) is 9.38. The summed E-state index contributed by atoms with van der Waals surface area (Å²) in [6, 6.07) is 8.89. The van der Waals surface area contributed by atoms with E-state index in [1.807, 2.05) is 0 Å². The van der Waals surface area contributed by atoms with E-state index in [-0.39, 0.29) is 0 Å². The molecule has 1 atom stereocenters. The normalized spacial score (nSPS) is 16.4. The molecule has 1 aromatic carbocycles. The molecule has 0 heterocycles. The van der Waals surface area contributed by atoms with Crippen LogP contribution in [0.15, 0.2) is 30.3 Å². The van der Waals surface area contributed by atoms with Gasteiger partial charge in [-0.25, -0.2) is 0 Å². The second-order valence-corrected chi connectivity index (χ2v) is 6.70. The lowest BCUT2D eigenvalue weighted by atomic mass is 9.94. The van der Waals surface area contributed by atoms with Crippen LogP contribution < -0.4 is 0 Å². The Labute approximate surface area is 141 Å². The number of hydrogen-bond acceptors (Lipinski definition) is 2. The zero-order valence-electron chi connectivity index (χ0n) is 14.3. The molecule has 2 N–H and O–H groups in total. The smallest absolute Gasteiger partial charge is 0.0431 e. The second-order valence-electron chi connectivity index (χ2n) is 6.70. The van der Waals surface area contributed by atoms with Crippen LogP contribution in [0.2, 0.25) is 0 Å². The molecule has 0 amide bonds. The second kappa shape index (κ2) is 10.6. The van der Waals surface area contributed by atoms with Crippen molar-refractivity contribution in [3.05, 3.63) is 41.5 Å². The maximum atomic E-state index is 8.86. The van der Waals surface area contributed by atoms with Gasteiger partial charge in [0.15, 0.2) is 0 Å². The summed E-state index contributed by atoms with van der Waals surface area (Å²) in [5.74, 6) is 0.591. The molecule has 128 valence electrons. The fraction of sp³-hybridized carbons (Fsp3) is 0.619. The number of aliphatic hydroxyl groups is 2. The van der Waals surface area contributed by atoms with Crippen LogP contribution in [0.5, 0.6) is 0 Å². The summed E-state index contributed by atoms with van der Waals surface area (Å²) in [6.07, 6.45) is 14.0. The summed E-state index contributed by atoms with van der Waals surface area (Å²) in [4.78, 5) is 0. The third-order valence-electron chi connectivity index (χ3n) is 4.89. The predicted octanol–water partition coefficient (Wildman–Crippen LogP) is 5.05. The van der Waals surface area contributed by atoms with Gasteiger partial charge in [-0.1, -0.05) is 62.4 Å². The lowest BCUT2D eigenvalue weighted by Gasteiger charge is -2.10. The molecule has 1 aliphatic rings. The van der Waals surface area contributed by atoms with Gasteiger partial charge in [0, 0.05) is 19.1 Å². The van der Waals surface area contributed by atoms with Crippen LogP contribution in [-0.4, -0.2) is 23.4 Å². The average Bonchev–Trinajstić information content (AvgIpc) is 2.93. The molecular formula is C21H32O2. The molecule has 0 saturated carbocycles. The van der Waals surface area contributed by atoms with Gasteiger partial charge in [-0.3, -0.25) is 0 Å². The summed E-state index contributed by atoms with van der Waals surface area (Å²) in [5.41, 5.74) is 4.51. The summed E-state index contributed by atoms with van der Waals surface area (Å²) < 4.78 is 0. The Bertz CT molecular complexity index is 478. The van der Waals surface area contributed by atoms with Gasteiger partial charge in [0.05, 0.1) is 0 Å². The van der Waals surface area contributed by atoms with Crippen molar-refractivity contribution < 1.29 is 10.2 Å². The summed E-state index contributed by atoms with van der Waals surface area (Å²) in [7, 11) is 0. The molecule has 2 nitrogen and oxygen atoms in total. The van der Waals surface area contributed by atoms with Crippen LogP contribution in [-0.2, 0) is 0 Å². The average molecular weight is 316 g/mol. The minimum absolute atomic E-state index is 0.323. The first-order chi connectivity index (χ1) is 11.4. The highest BCUT2D eigenvalue weighted by atomic mass is 16.3. The highest BCUT2D eigenvalue weighted by Crippen LogP contribution is 2.40. The highest BCUT2D eigenvalue weighted by molar-refractivity contribution is 5.74. The van der Waals surface area contributed by atoms with Crippen LogP contribution in [0, 0.1) is 0 Å². The van der Waals surface area contributed by atoms with Crippen LogP contribution in [0.1, 0.15) is 81.3 Å². The van der Waals surface area contributed by atoms with E-state index in [2.05, 4.69) is 30.3 Å². The Kier molecular flexibility index (Phi) is 8.41. The SMILES string of the molecule is OCCCCCCC1=CC(CCCCCCO)c2ccccc21. The molecule has 0 bridgehead atoms. The van der Waals surface area contributed by atoms with E-state index in [0.717, 1.165) is 25.7 Å². The molecule has 2 heteroatoms. The maximum absolute atomic E-state index is 8.86. The van der Waals surface area contributed by atoms with E-state index >= 15 is 0 Å². The number of unbranched alkanes of at least 4 members (excludes halogenated alkanes) is 6. The first kappa shape index (κ1) is 18.2. The standard InChI is InChI=1S/C21H32O2/c22-15-9-3-1-5-11-18-17-19(12-6-2-4-10-16-23)21-14-8-7-13-20(18)21/h7-8,13-14,17-18,22-23H,1-6,9-12,15-16H2. The third kappa shape index (κ3) is 5.78. The van der Waals surface area contributed by atoms with E-state index in [4.69, 9.17) is 10.2 Å². The lowest BCUT2D eigenvalue weighted by Crippen LogP contribution is -1.93. The van der Waals surface area contributed by atoms with E-state index in [1.165, 1.54) is 55.2 Å². The zero-order chi connectivity index (χ0) is 16.3. The third-order valence-corrected chi connectivity index (χ3v) is 4.89. The van der Waals surface area contributed by atoms with Crippen molar-refractivity contribution in [1.29, 1.82) is 0 Å². The number of benzene rings is 1. The number of hydrogen-bond donors (Lipinski definition) is 2. The van der Waals surface area contributed by atoms with Crippen LogP contribution in [0.25, 0.3) is 5.57 Å². The number of aliphatic hydroxyl groups excluding tert-OH is 2. The number of rotatable bonds is 12. The Morgan fingerprint density at radius 2 is 1.39 bits per heavy atom. The van der Waals surface area contributed by atoms with Gasteiger partial charge < -0.3 is 10.2 Å². The minimum Gasteiger partial charge on any atom is -0.396 e. The van der Waals surface area contributed by atoms with E-state index in [0.29, 0.717) is 19.1 Å². The molecule has 0 saturated heterocycles. The first-order valence-electron chi connectivity index (χ1n) is 9.38. The van der Waals surface area contributed by atoms with Gasteiger partial charge in [0.2, 0.25) is 0 Å². The largest absolute Gasteiger partial charge is 0.396 e. The summed E-state index contributed by atoms with van der Waals surface area (Å²) in [5, 5.41) is 17.7. The van der Waals surface area contributed by atoms with Crippen LogP contribution in [0.4, 0.5) is 0 Å². The molecular weight excluding hydrogens is 284 g/mol. The Hall–Kier alpha value is -1.12. The van der Waals surface area contributed by atoms with Crippen molar-refractivity contribution in [3.8, 4) is 0 Å². The Morgan fingerprint density at radius 1 is 0.739 bits per heavy atom. The van der Waals surface area contributed by atoms with Crippen molar-refractivity contribution in [3.63, 3.8) is 0 Å². The van der Waals surface area contributed by atoms with Crippen molar-refractivity contribution in [1.82, 2.24) is 0 Å². The Balaban J connectivity index is 1.84. The number of fused-ring (bicyclic) bond motifs is 1. The van der Waals surface area contributed by atoms with Crippen LogP contribution >= 0.6 is 0 Å². The summed E-state index contributed by atoms with van der Waals surface area (Å²) >= 11 is 0. The molecule has 0 fully saturated rings. The molecule has 1 aliphatic carbocycles. The van der Waals surface area contributed by atoms with Crippen molar-refractivity contribution in [2.75, 3.05) is 13.2 Å². The molecule has 0 aromatic heterocycles. The quantitative estimate of drug-likeness (QED) is 0.530. The highest BCUT2D eigenvalue weighted by Gasteiger charge is 2.21. The predicted molar refractivity (Wildman–Crippen MR) is 97.5 cm³/mol. The molecule has 0 spiro atoms. The molecule has 1 unspecified atom stereocenters. The molecule has 0 aliphatic heterocycles. The van der Waals surface area contributed by atoms with Gasteiger partial charge in [-0.05, 0) is 48.8 Å². The maximum Gasteiger partial charge on any atom is 0.0431 e. The minimum atomic E-state index is 0.323. The monoisotopic (exact) mass is 316 g/mol. The topological polar surface area (TPSA) is 40.5 Å². The lowest BCUT2D eigenvalue weighted by molar-refractivity contribution is 0.282. The molecule has 2 rings (SSSR count). The zero-order valence-corrected chi connectivity index (χ0v) is 14.3. The van der Waals surface area contributed by atoms with Crippen molar-refractivity contribution >= 4 is 5.57 Å². The fourth-order valence-electron chi connectivity index (χ4n) is 3.60.